The fourth-order valence-corrected chi connectivity index (χ4v) is 1.83. The Labute approximate surface area is 102 Å². The summed E-state index contributed by atoms with van der Waals surface area (Å²) in [6.07, 6.45) is 1.49. The van der Waals surface area contributed by atoms with E-state index in [1.807, 2.05) is 19.1 Å². The second kappa shape index (κ2) is 4.52. The molecule has 0 fully saturated rings. The molecular formula is C10H12BrN5. The fraction of sp³-hybridized carbons (Fsp3) is 0.200. The molecule has 0 atom stereocenters. The third-order valence-corrected chi connectivity index (χ3v) is 2.92. The molecule has 4 N–H and O–H groups in total. The molecule has 0 saturated carbocycles. The first-order valence-electron chi connectivity index (χ1n) is 4.80. The van der Waals surface area contributed by atoms with Crippen LogP contribution in [0.3, 0.4) is 0 Å². The number of nitrogens with one attached hydrogen (secondary N) is 2. The molecule has 0 saturated heterocycles. The van der Waals surface area contributed by atoms with E-state index < -0.39 is 0 Å². The van der Waals surface area contributed by atoms with Gasteiger partial charge in [-0.3, -0.25) is 5.10 Å². The van der Waals surface area contributed by atoms with Crippen LogP contribution in [-0.4, -0.2) is 15.2 Å². The SMILES string of the molecule is Cc1cc(NCc2ncn[nH]2)c(Br)cc1N. The van der Waals surface area contributed by atoms with E-state index in [2.05, 4.69) is 36.4 Å². The Morgan fingerprint density at radius 2 is 2.31 bits per heavy atom. The quantitative estimate of drug-likeness (QED) is 0.753. The van der Waals surface area contributed by atoms with Gasteiger partial charge in [0.1, 0.15) is 12.2 Å². The van der Waals surface area contributed by atoms with Gasteiger partial charge in [-0.05, 0) is 40.5 Å². The number of hydrogen-bond acceptors (Lipinski definition) is 4. The lowest BCUT2D eigenvalue weighted by atomic mass is 10.2. The second-order valence-electron chi connectivity index (χ2n) is 3.47. The molecule has 0 unspecified atom stereocenters. The molecule has 6 heteroatoms. The molecular weight excluding hydrogens is 270 g/mol. The number of nitrogens with two attached hydrogens (primary N) is 1. The molecule has 0 aliphatic heterocycles. The van der Waals surface area contributed by atoms with E-state index in [1.54, 1.807) is 0 Å². The number of halogens is 1. The molecule has 1 aromatic carbocycles. The summed E-state index contributed by atoms with van der Waals surface area (Å²) in [5, 5.41) is 9.82. The third kappa shape index (κ3) is 2.33. The van der Waals surface area contributed by atoms with E-state index >= 15 is 0 Å². The van der Waals surface area contributed by atoms with Crippen molar-refractivity contribution < 1.29 is 0 Å². The van der Waals surface area contributed by atoms with Crippen molar-refractivity contribution in [2.24, 2.45) is 0 Å². The van der Waals surface area contributed by atoms with Gasteiger partial charge >= 0.3 is 0 Å². The van der Waals surface area contributed by atoms with Crippen molar-refractivity contribution in [2.75, 3.05) is 11.1 Å². The number of nitrogen functional groups attached to an aromatic ring is 1. The highest BCUT2D eigenvalue weighted by Crippen LogP contribution is 2.27. The molecule has 0 amide bonds. The zero-order valence-corrected chi connectivity index (χ0v) is 10.4. The molecule has 16 heavy (non-hydrogen) atoms. The topological polar surface area (TPSA) is 79.6 Å². The summed E-state index contributed by atoms with van der Waals surface area (Å²) in [5.74, 6) is 0.793. The first kappa shape index (κ1) is 10.9. The van der Waals surface area contributed by atoms with Crippen molar-refractivity contribution in [1.82, 2.24) is 15.2 Å². The molecule has 1 aromatic heterocycles. The van der Waals surface area contributed by atoms with Crippen LogP contribution in [0.15, 0.2) is 22.9 Å². The van der Waals surface area contributed by atoms with Crippen molar-refractivity contribution in [1.29, 1.82) is 0 Å². The van der Waals surface area contributed by atoms with Crippen LogP contribution in [0.25, 0.3) is 0 Å². The average molecular weight is 282 g/mol. The highest BCUT2D eigenvalue weighted by molar-refractivity contribution is 9.10. The summed E-state index contributed by atoms with van der Waals surface area (Å²) in [4.78, 5) is 4.03. The summed E-state index contributed by atoms with van der Waals surface area (Å²) < 4.78 is 0.940. The van der Waals surface area contributed by atoms with E-state index in [4.69, 9.17) is 5.73 Å². The van der Waals surface area contributed by atoms with Crippen molar-refractivity contribution in [3.63, 3.8) is 0 Å². The lowest BCUT2D eigenvalue weighted by Crippen LogP contribution is -2.03. The Bertz CT molecular complexity index is 480. The highest BCUT2D eigenvalue weighted by Gasteiger charge is 2.04. The van der Waals surface area contributed by atoms with E-state index in [0.717, 1.165) is 27.2 Å². The number of aryl methyl sites for hydroxylation is 1. The van der Waals surface area contributed by atoms with Gasteiger partial charge < -0.3 is 11.1 Å². The van der Waals surface area contributed by atoms with Gasteiger partial charge in [0.15, 0.2) is 0 Å². The van der Waals surface area contributed by atoms with Gasteiger partial charge in [-0.2, -0.15) is 5.10 Å². The Morgan fingerprint density at radius 3 is 3.00 bits per heavy atom. The predicted molar refractivity (Wildman–Crippen MR) is 67.0 cm³/mol. The molecule has 0 spiro atoms. The number of nitrogens with zero attached hydrogens (tertiary/aromatic N) is 2. The van der Waals surface area contributed by atoms with Gasteiger partial charge in [0.2, 0.25) is 0 Å². The molecule has 84 valence electrons. The molecule has 1 heterocycles. The highest BCUT2D eigenvalue weighted by atomic mass is 79.9. The lowest BCUT2D eigenvalue weighted by molar-refractivity contribution is 0.954. The zero-order chi connectivity index (χ0) is 11.5. The number of anilines is 2. The normalized spacial score (nSPS) is 10.4. The minimum atomic E-state index is 0.599. The summed E-state index contributed by atoms with van der Waals surface area (Å²) in [6, 6.07) is 3.88. The van der Waals surface area contributed by atoms with Crippen molar-refractivity contribution in [2.45, 2.75) is 13.5 Å². The van der Waals surface area contributed by atoms with Crippen LogP contribution in [0.5, 0.6) is 0 Å². The number of rotatable bonds is 3. The predicted octanol–water partition coefficient (Wildman–Crippen LogP) is 2.07. The average Bonchev–Trinajstić information content (AvgIpc) is 2.74. The van der Waals surface area contributed by atoms with Gasteiger partial charge in [-0.15, -0.1) is 0 Å². The number of aromatic nitrogens is 3. The summed E-state index contributed by atoms with van der Waals surface area (Å²) in [5.41, 5.74) is 8.60. The standard InChI is InChI=1S/C10H12BrN5/c1-6-2-9(7(11)3-8(6)12)13-4-10-14-5-15-16-10/h2-3,5,13H,4,12H2,1H3,(H,14,15,16). The Hall–Kier alpha value is -1.56. The van der Waals surface area contributed by atoms with Crippen LogP contribution in [0, 0.1) is 6.92 Å². The molecule has 0 bridgehead atoms. The maximum atomic E-state index is 5.79. The maximum Gasteiger partial charge on any atom is 0.143 e. The van der Waals surface area contributed by atoms with Crippen LogP contribution in [-0.2, 0) is 6.54 Å². The minimum Gasteiger partial charge on any atom is -0.398 e. The van der Waals surface area contributed by atoms with Crippen molar-refractivity contribution in [3.8, 4) is 0 Å². The number of H-pyrrole nitrogens is 1. The molecule has 5 nitrogen and oxygen atoms in total. The molecule has 2 aromatic rings. The van der Waals surface area contributed by atoms with E-state index in [1.165, 1.54) is 6.33 Å². The molecule has 0 radical (unpaired) electrons. The third-order valence-electron chi connectivity index (χ3n) is 2.27. The van der Waals surface area contributed by atoms with E-state index in [9.17, 15) is 0 Å². The fourth-order valence-electron chi connectivity index (χ4n) is 1.33. The Kier molecular flexibility index (Phi) is 3.09. The van der Waals surface area contributed by atoms with Crippen molar-refractivity contribution >= 4 is 27.3 Å². The van der Waals surface area contributed by atoms with Gasteiger partial charge in [-0.1, -0.05) is 0 Å². The van der Waals surface area contributed by atoms with Crippen LogP contribution in [0.1, 0.15) is 11.4 Å². The summed E-state index contributed by atoms with van der Waals surface area (Å²) in [6.45, 7) is 2.57. The van der Waals surface area contributed by atoms with Crippen LogP contribution < -0.4 is 11.1 Å². The molecule has 0 aliphatic carbocycles. The molecule has 0 aliphatic rings. The number of benzene rings is 1. The number of hydrogen-bond donors (Lipinski definition) is 3. The molecule has 2 rings (SSSR count). The smallest absolute Gasteiger partial charge is 0.143 e. The largest absolute Gasteiger partial charge is 0.398 e. The van der Waals surface area contributed by atoms with Gasteiger partial charge in [0, 0.05) is 15.8 Å². The second-order valence-corrected chi connectivity index (χ2v) is 4.33. The van der Waals surface area contributed by atoms with Crippen molar-refractivity contribution in [3.05, 3.63) is 34.3 Å². The minimum absolute atomic E-state index is 0.599. The Morgan fingerprint density at radius 1 is 1.50 bits per heavy atom. The van der Waals surface area contributed by atoms with E-state index in [-0.39, 0.29) is 0 Å². The van der Waals surface area contributed by atoms with Crippen LogP contribution in [0.4, 0.5) is 11.4 Å². The van der Waals surface area contributed by atoms with Gasteiger partial charge in [0.25, 0.3) is 0 Å². The summed E-state index contributed by atoms with van der Waals surface area (Å²) >= 11 is 3.46. The monoisotopic (exact) mass is 281 g/mol. The zero-order valence-electron chi connectivity index (χ0n) is 8.79. The summed E-state index contributed by atoms with van der Waals surface area (Å²) in [7, 11) is 0. The maximum absolute atomic E-state index is 5.79. The van der Waals surface area contributed by atoms with Crippen LogP contribution >= 0.6 is 15.9 Å². The lowest BCUT2D eigenvalue weighted by Gasteiger charge is -2.09. The first-order chi connectivity index (χ1) is 7.66. The van der Waals surface area contributed by atoms with Gasteiger partial charge in [-0.25, -0.2) is 4.98 Å². The van der Waals surface area contributed by atoms with Gasteiger partial charge in [0.05, 0.1) is 6.54 Å². The first-order valence-corrected chi connectivity index (χ1v) is 5.60. The number of aromatic amines is 1. The van der Waals surface area contributed by atoms with E-state index in [0.29, 0.717) is 6.54 Å². The van der Waals surface area contributed by atoms with Crippen LogP contribution in [0.2, 0.25) is 0 Å². The Balaban J connectivity index is 2.12.